The smallest absolute Gasteiger partial charge is 0.0477 e. The number of nitrogens with two attached hydrogens (primary N) is 1. The number of hydrogen-bond donors (Lipinski definition) is 2. The van der Waals surface area contributed by atoms with Crippen molar-refractivity contribution in [3.63, 3.8) is 0 Å². The highest BCUT2D eigenvalue weighted by atomic mass is 35.5. The molecule has 2 nitrogen and oxygen atoms in total. The highest BCUT2D eigenvalue weighted by Gasteiger charge is 2.13. The van der Waals surface area contributed by atoms with Crippen LogP contribution in [0.1, 0.15) is 23.6 Å². The summed E-state index contributed by atoms with van der Waals surface area (Å²) in [6.45, 7) is 0. The minimum Gasteiger partial charge on any atom is -0.271 e. The molecule has 0 aliphatic rings. The third kappa shape index (κ3) is 3.46. The van der Waals surface area contributed by atoms with Crippen LogP contribution in [0.5, 0.6) is 0 Å². The standard InChI is InChI=1S/C13H14Cl2N2S/c14-10-2-3-11(12(15)7-10)13(17-16)4-1-9-5-6-18-8-9/h2-3,5-8,13,17H,1,4,16H2. The third-order valence-corrected chi connectivity index (χ3v) is 4.14. The fourth-order valence-corrected chi connectivity index (χ4v) is 3.10. The molecule has 0 aliphatic carbocycles. The van der Waals surface area contributed by atoms with Gasteiger partial charge < -0.3 is 0 Å². The Bertz CT molecular complexity index is 500. The average molecular weight is 301 g/mol. The molecule has 2 aromatic rings. The third-order valence-electron chi connectivity index (χ3n) is 2.84. The Labute approximate surface area is 121 Å². The molecule has 0 spiro atoms. The molecule has 5 heteroatoms. The fourth-order valence-electron chi connectivity index (χ4n) is 1.86. The number of nitrogens with one attached hydrogen (secondary N) is 1. The number of thiophene rings is 1. The molecule has 0 amide bonds. The molecule has 18 heavy (non-hydrogen) atoms. The first-order valence-electron chi connectivity index (χ1n) is 5.63. The van der Waals surface area contributed by atoms with E-state index in [1.807, 2.05) is 12.1 Å². The lowest BCUT2D eigenvalue weighted by atomic mass is 10.0. The summed E-state index contributed by atoms with van der Waals surface area (Å²) in [6.07, 6.45) is 1.87. The number of hydrazine groups is 1. The van der Waals surface area contributed by atoms with Gasteiger partial charge in [0.15, 0.2) is 0 Å². The van der Waals surface area contributed by atoms with Crippen LogP contribution in [-0.2, 0) is 6.42 Å². The van der Waals surface area contributed by atoms with Gasteiger partial charge in [0.05, 0.1) is 0 Å². The van der Waals surface area contributed by atoms with Gasteiger partial charge in [-0.15, -0.1) is 0 Å². The number of benzene rings is 1. The molecular weight excluding hydrogens is 287 g/mol. The topological polar surface area (TPSA) is 38.0 Å². The van der Waals surface area contributed by atoms with E-state index in [0.717, 1.165) is 18.4 Å². The van der Waals surface area contributed by atoms with Gasteiger partial charge in [-0.2, -0.15) is 11.3 Å². The van der Waals surface area contributed by atoms with Crippen molar-refractivity contribution in [1.82, 2.24) is 5.43 Å². The summed E-state index contributed by atoms with van der Waals surface area (Å²) in [4.78, 5) is 0. The maximum atomic E-state index is 6.19. The zero-order valence-electron chi connectivity index (χ0n) is 9.70. The number of halogens is 2. The fraction of sp³-hybridized carbons (Fsp3) is 0.231. The molecule has 1 atom stereocenters. The lowest BCUT2D eigenvalue weighted by Gasteiger charge is -2.17. The van der Waals surface area contributed by atoms with Crippen LogP contribution < -0.4 is 11.3 Å². The molecule has 96 valence electrons. The van der Waals surface area contributed by atoms with Crippen molar-refractivity contribution in [2.75, 3.05) is 0 Å². The second-order valence-electron chi connectivity index (χ2n) is 4.06. The first-order chi connectivity index (χ1) is 8.70. The molecule has 1 aromatic carbocycles. The van der Waals surface area contributed by atoms with Gasteiger partial charge in [0.25, 0.3) is 0 Å². The summed E-state index contributed by atoms with van der Waals surface area (Å²) in [5.41, 5.74) is 5.13. The van der Waals surface area contributed by atoms with Crippen LogP contribution >= 0.6 is 34.5 Å². The Balaban J connectivity index is 2.08. The lowest BCUT2D eigenvalue weighted by molar-refractivity contribution is 0.517. The minimum atomic E-state index is 0.0367. The lowest BCUT2D eigenvalue weighted by Crippen LogP contribution is -2.28. The van der Waals surface area contributed by atoms with Crippen LogP contribution in [-0.4, -0.2) is 0 Å². The van der Waals surface area contributed by atoms with Crippen molar-refractivity contribution in [1.29, 1.82) is 0 Å². The second-order valence-corrected chi connectivity index (χ2v) is 5.68. The number of rotatable bonds is 5. The van der Waals surface area contributed by atoms with Gasteiger partial charge in [-0.1, -0.05) is 29.3 Å². The SMILES string of the molecule is NNC(CCc1ccsc1)c1ccc(Cl)cc1Cl. The quantitative estimate of drug-likeness (QED) is 0.642. The normalized spacial score (nSPS) is 12.6. The molecule has 0 saturated heterocycles. The van der Waals surface area contributed by atoms with E-state index in [4.69, 9.17) is 29.0 Å². The highest BCUT2D eigenvalue weighted by Crippen LogP contribution is 2.28. The maximum absolute atomic E-state index is 6.19. The van der Waals surface area contributed by atoms with Gasteiger partial charge in [0.1, 0.15) is 0 Å². The van der Waals surface area contributed by atoms with E-state index in [-0.39, 0.29) is 6.04 Å². The first kappa shape index (κ1) is 13.8. The predicted molar refractivity (Wildman–Crippen MR) is 79.2 cm³/mol. The molecule has 0 radical (unpaired) electrons. The Morgan fingerprint density at radius 1 is 1.28 bits per heavy atom. The van der Waals surface area contributed by atoms with Crippen LogP contribution in [0, 0.1) is 0 Å². The van der Waals surface area contributed by atoms with Crippen LogP contribution in [0.25, 0.3) is 0 Å². The van der Waals surface area contributed by atoms with E-state index in [2.05, 4.69) is 22.3 Å². The maximum Gasteiger partial charge on any atom is 0.0477 e. The molecular formula is C13H14Cl2N2S. The van der Waals surface area contributed by atoms with Crippen molar-refractivity contribution < 1.29 is 0 Å². The molecule has 0 bridgehead atoms. The minimum absolute atomic E-state index is 0.0367. The molecule has 1 aromatic heterocycles. The van der Waals surface area contributed by atoms with Crippen LogP contribution in [0.2, 0.25) is 10.0 Å². The van der Waals surface area contributed by atoms with Crippen LogP contribution in [0.4, 0.5) is 0 Å². The van der Waals surface area contributed by atoms with Crippen molar-refractivity contribution >= 4 is 34.5 Å². The van der Waals surface area contributed by atoms with Crippen LogP contribution in [0.3, 0.4) is 0 Å². The Hall–Kier alpha value is -0.580. The van der Waals surface area contributed by atoms with Crippen LogP contribution in [0.15, 0.2) is 35.0 Å². The monoisotopic (exact) mass is 300 g/mol. The van der Waals surface area contributed by atoms with E-state index in [0.29, 0.717) is 10.0 Å². The van der Waals surface area contributed by atoms with Gasteiger partial charge in [-0.25, -0.2) is 0 Å². The summed E-state index contributed by atoms with van der Waals surface area (Å²) in [5, 5.41) is 5.51. The van der Waals surface area contributed by atoms with E-state index in [1.165, 1.54) is 5.56 Å². The number of aryl methyl sites for hydroxylation is 1. The summed E-state index contributed by atoms with van der Waals surface area (Å²) >= 11 is 13.8. The zero-order chi connectivity index (χ0) is 13.0. The van der Waals surface area contributed by atoms with Crippen molar-refractivity contribution in [2.24, 2.45) is 5.84 Å². The van der Waals surface area contributed by atoms with Gasteiger partial charge in [-0.05, 0) is 52.9 Å². The summed E-state index contributed by atoms with van der Waals surface area (Å²) in [6, 6.07) is 7.66. The predicted octanol–water partition coefficient (Wildman–Crippen LogP) is 4.19. The first-order valence-corrected chi connectivity index (χ1v) is 7.32. The van der Waals surface area contributed by atoms with Gasteiger partial charge in [-0.3, -0.25) is 11.3 Å². The number of hydrogen-bond acceptors (Lipinski definition) is 3. The van der Waals surface area contributed by atoms with E-state index >= 15 is 0 Å². The average Bonchev–Trinajstić information content (AvgIpc) is 2.85. The second kappa shape index (κ2) is 6.55. The van der Waals surface area contributed by atoms with Gasteiger partial charge in [0, 0.05) is 16.1 Å². The largest absolute Gasteiger partial charge is 0.271 e. The van der Waals surface area contributed by atoms with Gasteiger partial charge in [0.2, 0.25) is 0 Å². The molecule has 0 saturated carbocycles. The molecule has 3 N–H and O–H groups in total. The van der Waals surface area contributed by atoms with E-state index in [1.54, 1.807) is 17.4 Å². The molecule has 0 aliphatic heterocycles. The Kier molecular flexibility index (Phi) is 5.03. The highest BCUT2D eigenvalue weighted by molar-refractivity contribution is 7.07. The van der Waals surface area contributed by atoms with Crippen molar-refractivity contribution in [3.05, 3.63) is 56.2 Å². The summed E-state index contributed by atoms with van der Waals surface area (Å²) in [7, 11) is 0. The summed E-state index contributed by atoms with van der Waals surface area (Å²) < 4.78 is 0. The Morgan fingerprint density at radius 3 is 2.72 bits per heavy atom. The van der Waals surface area contributed by atoms with E-state index < -0.39 is 0 Å². The van der Waals surface area contributed by atoms with Gasteiger partial charge >= 0.3 is 0 Å². The molecule has 2 rings (SSSR count). The van der Waals surface area contributed by atoms with E-state index in [9.17, 15) is 0 Å². The molecule has 1 heterocycles. The zero-order valence-corrected chi connectivity index (χ0v) is 12.0. The molecule has 1 unspecified atom stereocenters. The Morgan fingerprint density at radius 2 is 2.11 bits per heavy atom. The summed E-state index contributed by atoms with van der Waals surface area (Å²) in [5.74, 6) is 5.61. The van der Waals surface area contributed by atoms with Crippen molar-refractivity contribution in [3.8, 4) is 0 Å². The molecule has 0 fully saturated rings. The van der Waals surface area contributed by atoms with Crippen molar-refractivity contribution in [2.45, 2.75) is 18.9 Å².